The van der Waals surface area contributed by atoms with Crippen LogP contribution in [0.1, 0.15) is 23.5 Å². The zero-order chi connectivity index (χ0) is 15.6. The number of pyridine rings is 1. The molecule has 0 aromatic carbocycles. The highest BCUT2D eigenvalue weighted by molar-refractivity contribution is 5.57. The molecule has 0 bridgehead atoms. The summed E-state index contributed by atoms with van der Waals surface area (Å²) in [7, 11) is 0. The number of anilines is 1. The second-order valence-electron chi connectivity index (χ2n) is 5.37. The Hall–Kier alpha value is -3.03. The van der Waals surface area contributed by atoms with Gasteiger partial charge in [-0.1, -0.05) is 6.07 Å². The summed E-state index contributed by atoms with van der Waals surface area (Å²) in [5, 5.41) is 9.50. The lowest BCUT2D eigenvalue weighted by atomic mass is 10.2. The van der Waals surface area contributed by atoms with E-state index in [1.807, 2.05) is 18.2 Å². The Morgan fingerprint density at radius 2 is 2.17 bits per heavy atom. The average Bonchev–Trinajstić information content (AvgIpc) is 3.22. The van der Waals surface area contributed by atoms with Crippen LogP contribution in [-0.2, 0) is 19.4 Å². The fourth-order valence-electron chi connectivity index (χ4n) is 2.74. The van der Waals surface area contributed by atoms with E-state index in [1.165, 1.54) is 0 Å². The van der Waals surface area contributed by atoms with Crippen LogP contribution in [0.15, 0.2) is 29.2 Å². The van der Waals surface area contributed by atoms with Crippen molar-refractivity contribution in [3.63, 3.8) is 0 Å². The Kier molecular flexibility index (Phi) is 3.34. The molecular formula is C15H15N7O. The van der Waals surface area contributed by atoms with Crippen LogP contribution >= 0.6 is 0 Å². The van der Waals surface area contributed by atoms with Crippen LogP contribution in [0.4, 0.5) is 5.82 Å². The van der Waals surface area contributed by atoms with Crippen molar-refractivity contribution in [2.75, 3.05) is 5.32 Å². The number of hydrogen-bond donors (Lipinski definition) is 3. The monoisotopic (exact) mass is 309 g/mol. The van der Waals surface area contributed by atoms with E-state index >= 15 is 0 Å². The van der Waals surface area contributed by atoms with Crippen molar-refractivity contribution in [1.29, 1.82) is 0 Å². The van der Waals surface area contributed by atoms with Crippen molar-refractivity contribution >= 4 is 5.82 Å². The van der Waals surface area contributed by atoms with Gasteiger partial charge in [-0.2, -0.15) is 5.10 Å². The van der Waals surface area contributed by atoms with E-state index in [2.05, 4.69) is 35.5 Å². The second kappa shape index (κ2) is 5.64. The SMILES string of the molecule is O=c1[nH]nc(CNc2nc(-c3ccccn3)nc3c2CCC3)[nH]1. The summed E-state index contributed by atoms with van der Waals surface area (Å²) in [5.41, 5.74) is 2.64. The third kappa shape index (κ3) is 2.70. The van der Waals surface area contributed by atoms with E-state index in [0.29, 0.717) is 18.2 Å². The van der Waals surface area contributed by atoms with Crippen LogP contribution < -0.4 is 11.0 Å². The van der Waals surface area contributed by atoms with Crippen molar-refractivity contribution in [2.24, 2.45) is 0 Å². The average molecular weight is 309 g/mol. The Bertz CT molecular complexity index is 884. The van der Waals surface area contributed by atoms with E-state index in [4.69, 9.17) is 0 Å². The Morgan fingerprint density at radius 3 is 2.96 bits per heavy atom. The van der Waals surface area contributed by atoms with Crippen LogP contribution in [0.2, 0.25) is 0 Å². The molecule has 0 aliphatic heterocycles. The Balaban J connectivity index is 1.67. The molecule has 3 aromatic rings. The van der Waals surface area contributed by atoms with Gasteiger partial charge in [-0.05, 0) is 31.4 Å². The number of nitrogens with zero attached hydrogens (tertiary/aromatic N) is 4. The summed E-state index contributed by atoms with van der Waals surface area (Å²) >= 11 is 0. The predicted octanol–water partition coefficient (Wildman–Crippen LogP) is 1.05. The molecule has 0 spiro atoms. The maximum Gasteiger partial charge on any atom is 0.340 e. The minimum Gasteiger partial charge on any atom is -0.362 e. The van der Waals surface area contributed by atoms with Gasteiger partial charge in [0.15, 0.2) is 5.82 Å². The lowest BCUT2D eigenvalue weighted by Crippen LogP contribution is -2.09. The number of hydrogen-bond acceptors (Lipinski definition) is 6. The molecule has 3 aromatic heterocycles. The smallest absolute Gasteiger partial charge is 0.340 e. The molecule has 0 fully saturated rings. The number of rotatable bonds is 4. The lowest BCUT2D eigenvalue weighted by molar-refractivity contribution is 0.898. The first-order valence-corrected chi connectivity index (χ1v) is 7.48. The third-order valence-corrected chi connectivity index (χ3v) is 3.80. The molecule has 1 aliphatic carbocycles. The number of aromatic amines is 2. The van der Waals surface area contributed by atoms with Gasteiger partial charge < -0.3 is 5.32 Å². The quantitative estimate of drug-likeness (QED) is 0.664. The van der Waals surface area contributed by atoms with Gasteiger partial charge in [0, 0.05) is 17.5 Å². The summed E-state index contributed by atoms with van der Waals surface area (Å²) in [4.78, 5) is 27.3. The molecule has 23 heavy (non-hydrogen) atoms. The van der Waals surface area contributed by atoms with Crippen molar-refractivity contribution in [3.8, 4) is 11.5 Å². The lowest BCUT2D eigenvalue weighted by Gasteiger charge is -2.11. The van der Waals surface area contributed by atoms with E-state index in [1.54, 1.807) is 6.20 Å². The third-order valence-electron chi connectivity index (χ3n) is 3.80. The van der Waals surface area contributed by atoms with Gasteiger partial charge in [-0.15, -0.1) is 0 Å². The van der Waals surface area contributed by atoms with E-state index in [0.717, 1.165) is 42.0 Å². The molecule has 0 unspecified atom stereocenters. The van der Waals surface area contributed by atoms with Crippen LogP contribution in [0.5, 0.6) is 0 Å². The summed E-state index contributed by atoms with van der Waals surface area (Å²) in [5.74, 6) is 1.95. The van der Waals surface area contributed by atoms with Crippen molar-refractivity contribution in [3.05, 3.63) is 52.0 Å². The van der Waals surface area contributed by atoms with Crippen LogP contribution in [-0.4, -0.2) is 30.1 Å². The number of aromatic nitrogens is 6. The molecule has 8 nitrogen and oxygen atoms in total. The van der Waals surface area contributed by atoms with E-state index in [9.17, 15) is 4.79 Å². The van der Waals surface area contributed by atoms with Crippen molar-refractivity contribution in [1.82, 2.24) is 30.1 Å². The highest BCUT2D eigenvalue weighted by atomic mass is 16.1. The van der Waals surface area contributed by atoms with Gasteiger partial charge in [0.25, 0.3) is 0 Å². The van der Waals surface area contributed by atoms with Crippen molar-refractivity contribution in [2.45, 2.75) is 25.8 Å². The van der Waals surface area contributed by atoms with Gasteiger partial charge in [-0.3, -0.25) is 9.97 Å². The molecule has 8 heteroatoms. The molecule has 3 heterocycles. The van der Waals surface area contributed by atoms with Gasteiger partial charge in [0.1, 0.15) is 17.3 Å². The molecule has 4 rings (SSSR count). The zero-order valence-corrected chi connectivity index (χ0v) is 12.3. The van der Waals surface area contributed by atoms with E-state index in [-0.39, 0.29) is 5.69 Å². The molecule has 116 valence electrons. The summed E-state index contributed by atoms with van der Waals surface area (Å²) in [6.45, 7) is 0.393. The van der Waals surface area contributed by atoms with Gasteiger partial charge in [0.2, 0.25) is 0 Å². The zero-order valence-electron chi connectivity index (χ0n) is 12.3. The summed E-state index contributed by atoms with van der Waals surface area (Å²) in [6, 6.07) is 5.68. The van der Waals surface area contributed by atoms with Crippen LogP contribution in [0, 0.1) is 0 Å². The fraction of sp³-hybridized carbons (Fsp3) is 0.267. The maximum absolute atomic E-state index is 11.1. The largest absolute Gasteiger partial charge is 0.362 e. The molecule has 0 radical (unpaired) electrons. The summed E-state index contributed by atoms with van der Waals surface area (Å²) in [6.07, 6.45) is 4.71. The first kappa shape index (κ1) is 13.6. The van der Waals surface area contributed by atoms with E-state index < -0.39 is 0 Å². The van der Waals surface area contributed by atoms with Crippen LogP contribution in [0.25, 0.3) is 11.5 Å². The minimum absolute atomic E-state index is 0.316. The molecule has 0 saturated carbocycles. The number of nitrogens with one attached hydrogen (secondary N) is 3. The van der Waals surface area contributed by atoms with Gasteiger partial charge in [-0.25, -0.2) is 19.9 Å². The molecule has 0 saturated heterocycles. The highest BCUT2D eigenvalue weighted by Crippen LogP contribution is 2.28. The first-order valence-electron chi connectivity index (χ1n) is 7.48. The molecule has 0 amide bonds. The number of aryl methyl sites for hydroxylation is 1. The van der Waals surface area contributed by atoms with Crippen molar-refractivity contribution < 1.29 is 0 Å². The number of H-pyrrole nitrogens is 2. The molecule has 3 N–H and O–H groups in total. The highest BCUT2D eigenvalue weighted by Gasteiger charge is 2.20. The first-order chi connectivity index (χ1) is 11.3. The van der Waals surface area contributed by atoms with Gasteiger partial charge >= 0.3 is 5.69 Å². The molecule has 1 aliphatic rings. The normalized spacial score (nSPS) is 13.0. The topological polar surface area (TPSA) is 112 Å². The predicted molar refractivity (Wildman–Crippen MR) is 83.8 cm³/mol. The molecular weight excluding hydrogens is 294 g/mol. The van der Waals surface area contributed by atoms with Gasteiger partial charge in [0.05, 0.1) is 6.54 Å². The minimum atomic E-state index is -0.316. The second-order valence-corrected chi connectivity index (χ2v) is 5.37. The van der Waals surface area contributed by atoms with Crippen LogP contribution in [0.3, 0.4) is 0 Å². The Morgan fingerprint density at radius 1 is 1.22 bits per heavy atom. The Labute approximate surface area is 131 Å². The fourth-order valence-corrected chi connectivity index (χ4v) is 2.74. The molecule has 0 atom stereocenters. The summed E-state index contributed by atoms with van der Waals surface area (Å²) < 4.78 is 0. The maximum atomic E-state index is 11.1. The number of fused-ring (bicyclic) bond motifs is 1. The standard InChI is InChI=1S/C15H15N7O/c23-15-19-12(21-22-15)8-17-13-9-4-3-6-10(9)18-14(20-13)11-5-1-2-7-16-11/h1-2,5,7H,3-4,6,8H2,(H,17,18,20)(H2,19,21,22,23).